The third kappa shape index (κ3) is 2.61. The van der Waals surface area contributed by atoms with Crippen LogP contribution in [-0.4, -0.2) is 41.4 Å². The van der Waals surface area contributed by atoms with E-state index in [0.717, 1.165) is 43.5 Å². The molecule has 2 fully saturated rings. The molecule has 2 heterocycles. The second-order valence-corrected chi connectivity index (χ2v) is 7.44. The van der Waals surface area contributed by atoms with Crippen molar-refractivity contribution >= 4 is 11.8 Å². The Bertz CT molecular complexity index is 679. The summed E-state index contributed by atoms with van der Waals surface area (Å²) in [4.78, 5) is 28.9. The summed E-state index contributed by atoms with van der Waals surface area (Å²) in [6.45, 7) is 4.46. The third-order valence-electron chi connectivity index (χ3n) is 5.67. The molecular formula is C19H24N2O3. The van der Waals surface area contributed by atoms with E-state index in [2.05, 4.69) is 17.9 Å². The average molecular weight is 328 g/mol. The Morgan fingerprint density at radius 2 is 2.00 bits per heavy atom. The second kappa shape index (κ2) is 5.88. The lowest BCUT2D eigenvalue weighted by Crippen LogP contribution is -2.43. The summed E-state index contributed by atoms with van der Waals surface area (Å²) in [6.07, 6.45) is 4.29. The fourth-order valence-corrected chi connectivity index (χ4v) is 4.34. The lowest BCUT2D eigenvalue weighted by Gasteiger charge is -2.26. The highest BCUT2D eigenvalue weighted by Gasteiger charge is 2.52. The lowest BCUT2D eigenvalue weighted by atomic mass is 9.85. The summed E-state index contributed by atoms with van der Waals surface area (Å²) in [5, 5.41) is 0. The van der Waals surface area contributed by atoms with Crippen molar-refractivity contribution in [2.75, 3.05) is 19.8 Å². The summed E-state index contributed by atoms with van der Waals surface area (Å²) < 4.78 is 5.82. The van der Waals surface area contributed by atoms with Crippen molar-refractivity contribution in [3.8, 4) is 5.75 Å². The predicted octanol–water partition coefficient (Wildman–Crippen LogP) is 2.47. The van der Waals surface area contributed by atoms with Crippen LogP contribution in [0.2, 0.25) is 0 Å². The van der Waals surface area contributed by atoms with Gasteiger partial charge in [0.15, 0.2) is 0 Å². The first-order valence-corrected chi connectivity index (χ1v) is 8.87. The SMILES string of the molecule is Cc1ccc2c(c1)CN(CN1C(=O)CC3(CCCC3)C1=O)CCO2. The summed E-state index contributed by atoms with van der Waals surface area (Å²) >= 11 is 0. The molecule has 1 saturated heterocycles. The molecule has 1 saturated carbocycles. The van der Waals surface area contributed by atoms with Gasteiger partial charge in [-0.3, -0.25) is 19.4 Å². The summed E-state index contributed by atoms with van der Waals surface area (Å²) in [6, 6.07) is 6.18. The number of fused-ring (bicyclic) bond motifs is 1. The van der Waals surface area contributed by atoms with Gasteiger partial charge in [0.25, 0.3) is 0 Å². The maximum atomic E-state index is 12.8. The maximum Gasteiger partial charge on any atom is 0.237 e. The van der Waals surface area contributed by atoms with Gasteiger partial charge < -0.3 is 4.74 Å². The van der Waals surface area contributed by atoms with E-state index in [1.165, 1.54) is 10.5 Å². The number of likely N-dealkylation sites (tertiary alicyclic amines) is 1. The number of carbonyl (C=O) groups excluding carboxylic acids is 2. The summed E-state index contributed by atoms with van der Waals surface area (Å²) in [5.41, 5.74) is 1.94. The Morgan fingerprint density at radius 3 is 2.79 bits per heavy atom. The molecular weight excluding hydrogens is 304 g/mol. The highest BCUT2D eigenvalue weighted by Crippen LogP contribution is 2.46. The molecule has 4 rings (SSSR count). The number of aryl methyl sites for hydroxylation is 1. The largest absolute Gasteiger partial charge is 0.492 e. The Balaban J connectivity index is 1.51. The first-order valence-electron chi connectivity index (χ1n) is 8.87. The van der Waals surface area contributed by atoms with Crippen LogP contribution in [0.15, 0.2) is 18.2 Å². The molecule has 0 aromatic heterocycles. The molecule has 5 nitrogen and oxygen atoms in total. The number of hydrogen-bond acceptors (Lipinski definition) is 4. The topological polar surface area (TPSA) is 49.9 Å². The van der Waals surface area contributed by atoms with Crippen molar-refractivity contribution in [2.24, 2.45) is 5.41 Å². The molecule has 0 unspecified atom stereocenters. The number of rotatable bonds is 2. The Labute approximate surface area is 142 Å². The van der Waals surface area contributed by atoms with E-state index in [-0.39, 0.29) is 17.2 Å². The number of carbonyl (C=O) groups is 2. The second-order valence-electron chi connectivity index (χ2n) is 7.44. The van der Waals surface area contributed by atoms with E-state index < -0.39 is 0 Å². The van der Waals surface area contributed by atoms with Crippen molar-refractivity contribution in [3.63, 3.8) is 0 Å². The van der Waals surface area contributed by atoms with Crippen LogP contribution in [-0.2, 0) is 16.1 Å². The first kappa shape index (κ1) is 15.6. The molecule has 1 spiro atoms. The molecule has 2 amide bonds. The number of hydrogen-bond donors (Lipinski definition) is 0. The van der Waals surface area contributed by atoms with Crippen LogP contribution in [0, 0.1) is 12.3 Å². The molecule has 2 aliphatic heterocycles. The number of amides is 2. The average Bonchev–Trinajstić information content (AvgIpc) is 3.03. The van der Waals surface area contributed by atoms with Crippen molar-refractivity contribution in [3.05, 3.63) is 29.3 Å². The normalized spacial score (nSPS) is 23.5. The van der Waals surface area contributed by atoms with Crippen LogP contribution in [0.4, 0.5) is 0 Å². The Morgan fingerprint density at radius 1 is 1.21 bits per heavy atom. The molecule has 24 heavy (non-hydrogen) atoms. The molecule has 128 valence electrons. The molecule has 0 N–H and O–H groups in total. The summed E-state index contributed by atoms with van der Waals surface area (Å²) in [7, 11) is 0. The van der Waals surface area contributed by atoms with Gasteiger partial charge in [-0.05, 0) is 25.8 Å². The molecule has 1 aliphatic carbocycles. The number of benzene rings is 1. The van der Waals surface area contributed by atoms with Crippen molar-refractivity contribution in [1.82, 2.24) is 9.80 Å². The van der Waals surface area contributed by atoms with Gasteiger partial charge in [-0.1, -0.05) is 30.5 Å². The van der Waals surface area contributed by atoms with Crippen molar-refractivity contribution in [1.29, 1.82) is 0 Å². The van der Waals surface area contributed by atoms with Gasteiger partial charge >= 0.3 is 0 Å². The van der Waals surface area contributed by atoms with Crippen LogP contribution >= 0.6 is 0 Å². The molecule has 0 atom stereocenters. The molecule has 1 aromatic carbocycles. The van der Waals surface area contributed by atoms with Gasteiger partial charge in [0, 0.05) is 25.1 Å². The first-order chi connectivity index (χ1) is 11.6. The van der Waals surface area contributed by atoms with Crippen LogP contribution in [0.3, 0.4) is 0 Å². The van der Waals surface area contributed by atoms with E-state index in [0.29, 0.717) is 26.2 Å². The minimum absolute atomic E-state index is 0.00321. The number of nitrogens with zero attached hydrogens (tertiary/aromatic N) is 2. The van der Waals surface area contributed by atoms with Crippen LogP contribution in [0.25, 0.3) is 0 Å². The van der Waals surface area contributed by atoms with E-state index in [9.17, 15) is 9.59 Å². The molecule has 3 aliphatic rings. The van der Waals surface area contributed by atoms with Crippen molar-refractivity contribution < 1.29 is 14.3 Å². The molecule has 0 radical (unpaired) electrons. The Hall–Kier alpha value is -1.88. The molecule has 5 heteroatoms. The molecule has 1 aromatic rings. The van der Waals surface area contributed by atoms with Crippen LogP contribution < -0.4 is 4.74 Å². The van der Waals surface area contributed by atoms with Crippen LogP contribution in [0.5, 0.6) is 5.75 Å². The van der Waals surface area contributed by atoms with Gasteiger partial charge in [0.1, 0.15) is 12.4 Å². The van der Waals surface area contributed by atoms with Crippen molar-refractivity contribution in [2.45, 2.75) is 45.6 Å². The fourth-order valence-electron chi connectivity index (χ4n) is 4.34. The number of imide groups is 1. The van der Waals surface area contributed by atoms with Gasteiger partial charge in [0.2, 0.25) is 11.8 Å². The number of ether oxygens (including phenoxy) is 1. The standard InChI is InChI=1S/C19H24N2O3/c1-14-4-5-16-15(10-14)12-20(8-9-24-16)13-21-17(22)11-19(18(21)23)6-2-3-7-19/h4-5,10H,2-3,6-9,11-13H2,1H3. The molecule has 0 bridgehead atoms. The zero-order valence-corrected chi connectivity index (χ0v) is 14.2. The van der Waals surface area contributed by atoms with E-state index >= 15 is 0 Å². The quantitative estimate of drug-likeness (QED) is 0.783. The third-order valence-corrected chi connectivity index (χ3v) is 5.67. The monoisotopic (exact) mass is 328 g/mol. The lowest BCUT2D eigenvalue weighted by molar-refractivity contribution is -0.144. The van der Waals surface area contributed by atoms with Gasteiger partial charge in [-0.15, -0.1) is 0 Å². The van der Waals surface area contributed by atoms with E-state index in [1.54, 1.807) is 0 Å². The summed E-state index contributed by atoms with van der Waals surface area (Å²) in [5.74, 6) is 0.964. The zero-order chi connectivity index (χ0) is 16.7. The minimum atomic E-state index is -0.381. The minimum Gasteiger partial charge on any atom is -0.492 e. The van der Waals surface area contributed by atoms with Gasteiger partial charge in [-0.2, -0.15) is 0 Å². The van der Waals surface area contributed by atoms with Crippen LogP contribution in [0.1, 0.15) is 43.2 Å². The van der Waals surface area contributed by atoms with Gasteiger partial charge in [0.05, 0.1) is 12.1 Å². The Kier molecular flexibility index (Phi) is 3.83. The predicted molar refractivity (Wildman–Crippen MR) is 89.3 cm³/mol. The fraction of sp³-hybridized carbons (Fsp3) is 0.579. The smallest absolute Gasteiger partial charge is 0.237 e. The highest BCUT2D eigenvalue weighted by molar-refractivity contribution is 6.06. The van der Waals surface area contributed by atoms with E-state index in [4.69, 9.17) is 4.74 Å². The zero-order valence-electron chi connectivity index (χ0n) is 14.2. The highest BCUT2D eigenvalue weighted by atomic mass is 16.5. The van der Waals surface area contributed by atoms with Gasteiger partial charge in [-0.25, -0.2) is 0 Å². The van der Waals surface area contributed by atoms with E-state index in [1.807, 2.05) is 12.1 Å². The maximum absolute atomic E-state index is 12.8.